The van der Waals surface area contributed by atoms with Crippen molar-refractivity contribution >= 4 is 29.6 Å². The Bertz CT molecular complexity index is 491. The maximum atomic E-state index is 5.92. The fourth-order valence-corrected chi connectivity index (χ4v) is 1.71. The van der Waals surface area contributed by atoms with Crippen molar-refractivity contribution < 1.29 is 4.74 Å². The van der Waals surface area contributed by atoms with Gasteiger partial charge in [0.1, 0.15) is 5.75 Å². The first kappa shape index (κ1) is 15.1. The SMILES string of the molecule is C[N+](C)(C)c1ccccc1Oc1ccccc1.[Sn]. The van der Waals surface area contributed by atoms with Crippen LogP contribution in [-0.2, 0) is 0 Å². The molecule has 0 N–H and O–H groups in total. The van der Waals surface area contributed by atoms with E-state index in [0.29, 0.717) is 0 Å². The number of benzene rings is 2. The minimum absolute atomic E-state index is 0. The minimum Gasteiger partial charge on any atom is -0.451 e. The largest absolute Gasteiger partial charge is 0.451 e. The van der Waals surface area contributed by atoms with E-state index in [9.17, 15) is 0 Å². The second kappa shape index (κ2) is 6.25. The molecule has 2 nitrogen and oxygen atoms in total. The Morgan fingerprint density at radius 2 is 1.33 bits per heavy atom. The van der Waals surface area contributed by atoms with E-state index >= 15 is 0 Å². The van der Waals surface area contributed by atoms with Crippen LogP contribution in [0.25, 0.3) is 0 Å². The van der Waals surface area contributed by atoms with Crippen LogP contribution in [-0.4, -0.2) is 45.1 Å². The van der Waals surface area contributed by atoms with Crippen molar-refractivity contribution in [2.24, 2.45) is 0 Å². The summed E-state index contributed by atoms with van der Waals surface area (Å²) in [6.07, 6.45) is 0. The van der Waals surface area contributed by atoms with Gasteiger partial charge in [0.2, 0.25) is 0 Å². The topological polar surface area (TPSA) is 9.23 Å². The first-order chi connectivity index (χ1) is 8.07. The van der Waals surface area contributed by atoms with E-state index in [0.717, 1.165) is 21.7 Å². The Morgan fingerprint density at radius 3 is 1.94 bits per heavy atom. The molecule has 4 radical (unpaired) electrons. The summed E-state index contributed by atoms with van der Waals surface area (Å²) in [6, 6.07) is 18.0. The molecule has 92 valence electrons. The molecule has 0 saturated heterocycles. The molecule has 0 amide bonds. The summed E-state index contributed by atoms with van der Waals surface area (Å²) in [5.41, 5.74) is 1.16. The maximum absolute atomic E-state index is 5.92. The van der Waals surface area contributed by atoms with Gasteiger partial charge in [-0.25, -0.2) is 0 Å². The summed E-state index contributed by atoms with van der Waals surface area (Å²) < 4.78 is 6.66. The minimum atomic E-state index is 0. The van der Waals surface area contributed by atoms with Crippen LogP contribution in [0.3, 0.4) is 0 Å². The maximum Gasteiger partial charge on any atom is 0.187 e. The Kier molecular flexibility index (Phi) is 5.23. The molecule has 0 unspecified atom stereocenters. The van der Waals surface area contributed by atoms with E-state index in [1.54, 1.807) is 0 Å². The van der Waals surface area contributed by atoms with Gasteiger partial charge in [-0.3, -0.25) is 4.48 Å². The zero-order valence-electron chi connectivity index (χ0n) is 11.1. The van der Waals surface area contributed by atoms with Gasteiger partial charge in [-0.1, -0.05) is 30.3 Å². The Morgan fingerprint density at radius 1 is 0.778 bits per heavy atom. The second-order valence-corrected chi connectivity index (χ2v) is 4.90. The van der Waals surface area contributed by atoms with E-state index in [2.05, 4.69) is 27.2 Å². The van der Waals surface area contributed by atoms with E-state index < -0.39 is 0 Å². The van der Waals surface area contributed by atoms with Crippen LogP contribution in [0.2, 0.25) is 0 Å². The van der Waals surface area contributed by atoms with Crippen molar-refractivity contribution in [3.8, 4) is 11.5 Å². The van der Waals surface area contributed by atoms with Crippen LogP contribution in [0.5, 0.6) is 11.5 Å². The van der Waals surface area contributed by atoms with E-state index in [1.807, 2.05) is 48.5 Å². The van der Waals surface area contributed by atoms with Crippen LogP contribution in [0.1, 0.15) is 0 Å². The molecule has 0 bridgehead atoms. The number of nitrogens with zero attached hydrogens (tertiary/aromatic N) is 1. The molecule has 0 heterocycles. The first-order valence-corrected chi connectivity index (χ1v) is 5.71. The number of quaternary nitrogens is 1. The van der Waals surface area contributed by atoms with Crippen LogP contribution >= 0.6 is 0 Å². The predicted molar refractivity (Wildman–Crippen MR) is 78.3 cm³/mol. The molecule has 3 heteroatoms. The summed E-state index contributed by atoms with van der Waals surface area (Å²) in [5.74, 6) is 1.78. The van der Waals surface area contributed by atoms with Crippen molar-refractivity contribution in [3.05, 3.63) is 54.6 Å². The van der Waals surface area contributed by atoms with Crippen LogP contribution < -0.4 is 9.22 Å². The molecule has 2 aromatic carbocycles. The predicted octanol–water partition coefficient (Wildman–Crippen LogP) is 3.29. The summed E-state index contributed by atoms with van der Waals surface area (Å²) >= 11 is 0. The van der Waals surface area contributed by atoms with E-state index in [-0.39, 0.29) is 23.9 Å². The van der Waals surface area contributed by atoms with Crippen molar-refractivity contribution in [1.82, 2.24) is 4.48 Å². The smallest absolute Gasteiger partial charge is 0.187 e. The molecule has 18 heavy (non-hydrogen) atoms. The van der Waals surface area contributed by atoms with Gasteiger partial charge in [0.05, 0.1) is 21.1 Å². The number of hydrogen-bond acceptors (Lipinski definition) is 1. The third kappa shape index (κ3) is 3.75. The Labute approximate surface area is 126 Å². The fraction of sp³-hybridized carbons (Fsp3) is 0.200. The molecular formula is C15H18NOSn+. The zero-order chi connectivity index (χ0) is 12.3. The second-order valence-electron chi connectivity index (χ2n) is 4.90. The molecule has 0 fully saturated rings. The third-order valence-corrected chi connectivity index (χ3v) is 2.56. The monoisotopic (exact) mass is 348 g/mol. The van der Waals surface area contributed by atoms with Crippen LogP contribution in [0.15, 0.2) is 54.6 Å². The quantitative estimate of drug-likeness (QED) is 0.612. The van der Waals surface area contributed by atoms with Gasteiger partial charge in [0, 0.05) is 30.0 Å². The number of para-hydroxylation sites is 3. The Balaban J connectivity index is 0.00000162. The Hall–Kier alpha value is -1.00. The van der Waals surface area contributed by atoms with Gasteiger partial charge in [-0.05, 0) is 18.2 Å². The van der Waals surface area contributed by atoms with E-state index in [4.69, 9.17) is 4.74 Å². The van der Waals surface area contributed by atoms with E-state index in [1.165, 1.54) is 0 Å². The standard InChI is InChI=1S/C15H18NO.Sn/c1-16(2,3)14-11-7-8-12-15(14)17-13-9-5-4-6-10-13;/h4-12H,1-3H3;/q+1;. The molecule has 0 aromatic heterocycles. The first-order valence-electron chi connectivity index (χ1n) is 5.71. The average molecular weight is 347 g/mol. The molecule has 2 aromatic rings. The van der Waals surface area contributed by atoms with Crippen molar-refractivity contribution in [2.75, 3.05) is 21.1 Å². The van der Waals surface area contributed by atoms with Gasteiger partial charge < -0.3 is 4.74 Å². The van der Waals surface area contributed by atoms with Gasteiger partial charge in [-0.2, -0.15) is 0 Å². The zero-order valence-corrected chi connectivity index (χ0v) is 13.9. The van der Waals surface area contributed by atoms with Crippen molar-refractivity contribution in [3.63, 3.8) is 0 Å². The summed E-state index contributed by atoms with van der Waals surface area (Å²) in [7, 11) is 6.40. The number of rotatable bonds is 3. The van der Waals surface area contributed by atoms with Gasteiger partial charge in [0.25, 0.3) is 0 Å². The number of ether oxygens (including phenoxy) is 1. The molecule has 0 spiro atoms. The molecule has 2 rings (SSSR count). The molecule has 0 aliphatic heterocycles. The summed E-state index contributed by atoms with van der Waals surface area (Å²) in [6.45, 7) is 0. The molecule has 0 aliphatic rings. The normalized spacial score (nSPS) is 10.6. The summed E-state index contributed by atoms with van der Waals surface area (Å²) in [4.78, 5) is 0. The van der Waals surface area contributed by atoms with Crippen LogP contribution in [0, 0.1) is 0 Å². The molecule has 0 saturated carbocycles. The van der Waals surface area contributed by atoms with Gasteiger partial charge >= 0.3 is 0 Å². The molecule has 0 atom stereocenters. The van der Waals surface area contributed by atoms with Crippen LogP contribution in [0.4, 0.5) is 5.69 Å². The van der Waals surface area contributed by atoms with Crippen molar-refractivity contribution in [1.29, 1.82) is 0 Å². The third-order valence-electron chi connectivity index (χ3n) is 2.56. The average Bonchev–Trinajstić information content (AvgIpc) is 2.30. The molecule has 0 aliphatic carbocycles. The summed E-state index contributed by atoms with van der Waals surface area (Å²) in [5, 5.41) is 0. The number of hydrogen-bond donors (Lipinski definition) is 0. The van der Waals surface area contributed by atoms with Gasteiger partial charge in [-0.15, -0.1) is 0 Å². The molecular weight excluding hydrogens is 329 g/mol. The van der Waals surface area contributed by atoms with Gasteiger partial charge in [0.15, 0.2) is 11.4 Å². The van der Waals surface area contributed by atoms with Crippen molar-refractivity contribution in [2.45, 2.75) is 0 Å². The fourth-order valence-electron chi connectivity index (χ4n) is 1.71.